The van der Waals surface area contributed by atoms with Crippen LogP contribution in [0.1, 0.15) is 35.2 Å². The van der Waals surface area contributed by atoms with E-state index in [0.717, 1.165) is 11.3 Å². The Labute approximate surface area is 169 Å². The number of carbonyl (C=O) groups excluding carboxylic acids is 3. The molecule has 0 atom stereocenters. The standard InChI is InChI=1S/C22H24N2O5/c1-28-19-10-8-17(9-11-19)20(25)6-3-7-21(26)23-15-16-4-2-5-18(14-16)24-12-13-29-22(24)27/h2,4-5,8-11,14H,3,6-7,12-13,15H2,1H3,(H,23,26). The van der Waals surface area contributed by atoms with E-state index < -0.39 is 0 Å². The Hall–Kier alpha value is -3.35. The van der Waals surface area contributed by atoms with Gasteiger partial charge in [0.15, 0.2) is 5.78 Å². The maximum absolute atomic E-state index is 12.2. The number of nitrogens with zero attached hydrogens (tertiary/aromatic N) is 1. The molecule has 2 aromatic rings. The van der Waals surface area contributed by atoms with Crippen LogP contribution in [0, 0.1) is 0 Å². The van der Waals surface area contributed by atoms with Gasteiger partial charge in [-0.2, -0.15) is 0 Å². The second-order valence-electron chi connectivity index (χ2n) is 6.72. The zero-order valence-corrected chi connectivity index (χ0v) is 16.3. The van der Waals surface area contributed by atoms with Crippen molar-refractivity contribution in [3.63, 3.8) is 0 Å². The van der Waals surface area contributed by atoms with Gasteiger partial charge >= 0.3 is 6.09 Å². The Bertz CT molecular complexity index is 879. The summed E-state index contributed by atoms with van der Waals surface area (Å²) in [5.74, 6) is 0.593. The highest BCUT2D eigenvalue weighted by molar-refractivity contribution is 5.96. The topological polar surface area (TPSA) is 84.9 Å². The lowest BCUT2D eigenvalue weighted by Gasteiger charge is -2.14. The third kappa shape index (κ3) is 5.57. The van der Waals surface area contributed by atoms with Crippen molar-refractivity contribution in [3.8, 4) is 5.75 Å². The normalized spacial score (nSPS) is 13.1. The molecule has 1 heterocycles. The van der Waals surface area contributed by atoms with Crippen LogP contribution in [0.3, 0.4) is 0 Å². The van der Waals surface area contributed by atoms with Crippen molar-refractivity contribution in [2.75, 3.05) is 25.2 Å². The van der Waals surface area contributed by atoms with Crippen LogP contribution in [-0.2, 0) is 16.1 Å². The maximum atomic E-state index is 12.2. The fraction of sp³-hybridized carbons (Fsp3) is 0.318. The lowest BCUT2D eigenvalue weighted by atomic mass is 10.1. The third-order valence-corrected chi connectivity index (χ3v) is 4.69. The number of carbonyl (C=O) groups is 3. The van der Waals surface area contributed by atoms with Gasteiger partial charge in [0.25, 0.3) is 0 Å². The van der Waals surface area contributed by atoms with E-state index in [1.165, 1.54) is 0 Å². The SMILES string of the molecule is COc1ccc(C(=O)CCCC(=O)NCc2cccc(N3CCOC3=O)c2)cc1. The molecule has 0 bridgehead atoms. The van der Waals surface area contributed by atoms with E-state index in [1.807, 2.05) is 24.3 Å². The van der Waals surface area contributed by atoms with Gasteiger partial charge in [0.05, 0.1) is 13.7 Å². The van der Waals surface area contributed by atoms with Gasteiger partial charge in [-0.25, -0.2) is 4.79 Å². The Morgan fingerprint density at radius 2 is 1.93 bits per heavy atom. The number of ether oxygens (including phenoxy) is 2. The van der Waals surface area contributed by atoms with Crippen molar-refractivity contribution in [1.82, 2.24) is 5.32 Å². The van der Waals surface area contributed by atoms with E-state index >= 15 is 0 Å². The molecule has 1 fully saturated rings. The second-order valence-corrected chi connectivity index (χ2v) is 6.72. The Kier molecular flexibility index (Phi) is 6.84. The molecule has 0 radical (unpaired) electrons. The summed E-state index contributed by atoms with van der Waals surface area (Å²) in [7, 11) is 1.58. The number of methoxy groups -OCH3 is 1. The first kappa shape index (κ1) is 20.4. The number of ketones is 1. The van der Waals surface area contributed by atoms with Crippen LogP contribution in [0.2, 0.25) is 0 Å². The van der Waals surface area contributed by atoms with Crippen LogP contribution in [0.4, 0.5) is 10.5 Å². The summed E-state index contributed by atoms with van der Waals surface area (Å²) in [6.07, 6.45) is 0.718. The van der Waals surface area contributed by atoms with Crippen molar-refractivity contribution in [3.05, 3.63) is 59.7 Å². The third-order valence-electron chi connectivity index (χ3n) is 4.69. The van der Waals surface area contributed by atoms with Gasteiger partial charge < -0.3 is 14.8 Å². The first-order valence-electron chi connectivity index (χ1n) is 9.54. The average molecular weight is 396 g/mol. The van der Waals surface area contributed by atoms with E-state index in [1.54, 1.807) is 36.3 Å². The average Bonchev–Trinajstić information content (AvgIpc) is 3.18. The van der Waals surface area contributed by atoms with E-state index in [2.05, 4.69) is 5.32 Å². The molecule has 0 aliphatic carbocycles. The van der Waals surface area contributed by atoms with Crippen molar-refractivity contribution in [2.45, 2.75) is 25.8 Å². The van der Waals surface area contributed by atoms with Crippen LogP contribution in [0.5, 0.6) is 5.75 Å². The molecular formula is C22H24N2O5. The second kappa shape index (κ2) is 9.73. The minimum absolute atomic E-state index is 0.00523. The van der Waals surface area contributed by atoms with E-state index in [9.17, 15) is 14.4 Å². The van der Waals surface area contributed by atoms with Gasteiger partial charge in [-0.1, -0.05) is 12.1 Å². The first-order valence-corrected chi connectivity index (χ1v) is 9.54. The first-order chi connectivity index (χ1) is 14.1. The van der Waals surface area contributed by atoms with Gasteiger partial charge in [0.2, 0.25) is 5.91 Å². The monoisotopic (exact) mass is 396 g/mol. The summed E-state index contributed by atoms with van der Waals surface area (Å²) >= 11 is 0. The lowest BCUT2D eigenvalue weighted by molar-refractivity contribution is -0.121. The molecule has 1 aliphatic heterocycles. The number of rotatable bonds is 9. The largest absolute Gasteiger partial charge is 0.497 e. The van der Waals surface area contributed by atoms with Gasteiger partial charge in [-0.15, -0.1) is 0 Å². The van der Waals surface area contributed by atoms with Gasteiger partial charge in [0.1, 0.15) is 12.4 Å². The molecule has 3 rings (SSSR count). The summed E-state index contributed by atoms with van der Waals surface area (Å²) in [6.45, 7) is 1.27. The molecule has 1 aliphatic rings. The quantitative estimate of drug-likeness (QED) is 0.657. The number of amides is 2. The van der Waals surface area contributed by atoms with Crippen molar-refractivity contribution < 1.29 is 23.9 Å². The molecule has 7 heteroatoms. The number of cyclic esters (lactones) is 1. The molecule has 29 heavy (non-hydrogen) atoms. The molecule has 0 aromatic heterocycles. The molecule has 0 spiro atoms. The highest BCUT2D eigenvalue weighted by atomic mass is 16.6. The lowest BCUT2D eigenvalue weighted by Crippen LogP contribution is -2.24. The van der Waals surface area contributed by atoms with E-state index in [0.29, 0.717) is 43.9 Å². The fourth-order valence-corrected chi connectivity index (χ4v) is 3.08. The van der Waals surface area contributed by atoms with Gasteiger partial charge in [-0.05, 0) is 48.4 Å². The Balaban J connectivity index is 1.42. The summed E-state index contributed by atoms with van der Waals surface area (Å²) in [6, 6.07) is 14.4. The molecule has 2 aromatic carbocycles. The minimum atomic E-state index is -0.354. The Morgan fingerprint density at radius 3 is 2.62 bits per heavy atom. The summed E-state index contributed by atoms with van der Waals surface area (Å²) in [5, 5.41) is 2.86. The van der Waals surface area contributed by atoms with Crippen molar-refractivity contribution >= 4 is 23.5 Å². The maximum Gasteiger partial charge on any atom is 0.414 e. The smallest absolute Gasteiger partial charge is 0.414 e. The van der Waals surface area contributed by atoms with Crippen molar-refractivity contribution in [1.29, 1.82) is 0 Å². The van der Waals surface area contributed by atoms with Crippen molar-refractivity contribution in [2.24, 2.45) is 0 Å². The predicted molar refractivity (Wildman–Crippen MR) is 108 cm³/mol. The number of anilines is 1. The molecule has 0 unspecified atom stereocenters. The van der Waals surface area contributed by atoms with Crippen LogP contribution in [-0.4, -0.2) is 38.0 Å². The molecule has 7 nitrogen and oxygen atoms in total. The van der Waals surface area contributed by atoms with Gasteiger partial charge in [-0.3, -0.25) is 14.5 Å². The molecular weight excluding hydrogens is 372 g/mol. The number of nitrogens with one attached hydrogen (secondary N) is 1. The summed E-state index contributed by atoms with van der Waals surface area (Å²) < 4.78 is 10.0. The van der Waals surface area contributed by atoms with Crippen LogP contribution in [0.25, 0.3) is 0 Å². The summed E-state index contributed by atoms with van der Waals surface area (Å²) in [4.78, 5) is 37.5. The molecule has 1 N–H and O–H groups in total. The van der Waals surface area contributed by atoms with Crippen LogP contribution in [0.15, 0.2) is 48.5 Å². The number of benzene rings is 2. The van der Waals surface area contributed by atoms with E-state index in [4.69, 9.17) is 9.47 Å². The van der Waals surface area contributed by atoms with Crippen LogP contribution >= 0.6 is 0 Å². The molecule has 1 saturated heterocycles. The predicted octanol–water partition coefficient (Wildman–Crippen LogP) is 3.32. The Morgan fingerprint density at radius 1 is 1.14 bits per heavy atom. The minimum Gasteiger partial charge on any atom is -0.497 e. The number of hydrogen-bond donors (Lipinski definition) is 1. The van der Waals surface area contributed by atoms with E-state index in [-0.39, 0.29) is 24.2 Å². The number of hydrogen-bond acceptors (Lipinski definition) is 5. The van der Waals surface area contributed by atoms with Crippen LogP contribution < -0.4 is 15.0 Å². The van der Waals surface area contributed by atoms with Gasteiger partial charge in [0, 0.05) is 30.6 Å². The summed E-state index contributed by atoms with van der Waals surface area (Å²) in [5.41, 5.74) is 2.26. The highest BCUT2D eigenvalue weighted by Crippen LogP contribution is 2.20. The zero-order valence-electron chi connectivity index (χ0n) is 16.3. The molecule has 0 saturated carbocycles. The molecule has 2 amide bonds. The molecule has 152 valence electrons. The number of Topliss-reactive ketones (excluding diaryl/α,β-unsaturated/α-hetero) is 1. The highest BCUT2D eigenvalue weighted by Gasteiger charge is 2.23. The fourth-order valence-electron chi connectivity index (χ4n) is 3.08. The zero-order chi connectivity index (χ0) is 20.6.